The number of rotatable bonds is 6. The standard InChI is InChI=1S/C24H33N3O5S/c1-16-6-4-8-21(17(16)2)25-24(28)19-11-13-27(14-12-19)33(29,30)23-18(3)26-32-22(23)10-9-20-7-5-15-31-20/h5,7,9-10,15-17,19,21H,4,6,8,11-14H2,1-3H3,(H,25,28)/b10-9+/t16-,17+,21+/m0/s1. The fraction of sp³-hybridized carbons (Fsp3) is 0.583. The highest BCUT2D eigenvalue weighted by Crippen LogP contribution is 2.32. The van der Waals surface area contributed by atoms with Crippen molar-refractivity contribution < 1.29 is 22.2 Å². The van der Waals surface area contributed by atoms with Crippen LogP contribution in [0.2, 0.25) is 0 Å². The van der Waals surface area contributed by atoms with E-state index < -0.39 is 10.0 Å². The van der Waals surface area contributed by atoms with Crippen LogP contribution >= 0.6 is 0 Å². The molecule has 3 atom stereocenters. The molecule has 9 heteroatoms. The van der Waals surface area contributed by atoms with E-state index in [2.05, 4.69) is 24.3 Å². The monoisotopic (exact) mass is 475 g/mol. The molecule has 0 bridgehead atoms. The molecular formula is C24H33N3O5S. The molecule has 1 N–H and O–H groups in total. The predicted molar refractivity (Wildman–Crippen MR) is 124 cm³/mol. The van der Waals surface area contributed by atoms with Crippen molar-refractivity contribution in [2.75, 3.05) is 13.1 Å². The lowest BCUT2D eigenvalue weighted by Crippen LogP contribution is -2.48. The minimum Gasteiger partial charge on any atom is -0.465 e. The number of hydrogen-bond donors (Lipinski definition) is 1. The second-order valence-corrected chi connectivity index (χ2v) is 11.2. The molecule has 1 saturated carbocycles. The van der Waals surface area contributed by atoms with Gasteiger partial charge in [0.25, 0.3) is 0 Å². The van der Waals surface area contributed by atoms with Gasteiger partial charge in [-0.2, -0.15) is 4.31 Å². The predicted octanol–water partition coefficient (Wildman–Crippen LogP) is 4.09. The van der Waals surface area contributed by atoms with E-state index in [1.54, 1.807) is 37.5 Å². The molecule has 0 aromatic carbocycles. The summed E-state index contributed by atoms with van der Waals surface area (Å²) >= 11 is 0. The quantitative estimate of drug-likeness (QED) is 0.675. The molecule has 2 fully saturated rings. The summed E-state index contributed by atoms with van der Waals surface area (Å²) in [4.78, 5) is 13.0. The van der Waals surface area contributed by atoms with Gasteiger partial charge in [-0.1, -0.05) is 31.8 Å². The molecule has 1 saturated heterocycles. The molecule has 0 radical (unpaired) electrons. The maximum Gasteiger partial charge on any atom is 0.248 e. The Morgan fingerprint density at radius 2 is 1.94 bits per heavy atom. The van der Waals surface area contributed by atoms with Crippen molar-refractivity contribution in [3.8, 4) is 0 Å². The first-order valence-electron chi connectivity index (χ1n) is 11.8. The molecule has 3 heterocycles. The molecule has 2 aromatic heterocycles. The second kappa shape index (κ2) is 9.85. The molecule has 1 amide bonds. The Morgan fingerprint density at radius 3 is 2.64 bits per heavy atom. The van der Waals surface area contributed by atoms with Crippen LogP contribution < -0.4 is 5.32 Å². The lowest BCUT2D eigenvalue weighted by molar-refractivity contribution is -0.127. The topological polar surface area (TPSA) is 106 Å². The minimum atomic E-state index is -3.80. The van der Waals surface area contributed by atoms with Crippen molar-refractivity contribution in [2.45, 2.75) is 63.8 Å². The number of sulfonamides is 1. The van der Waals surface area contributed by atoms with Gasteiger partial charge < -0.3 is 14.3 Å². The molecule has 0 unspecified atom stereocenters. The summed E-state index contributed by atoms with van der Waals surface area (Å²) in [5.41, 5.74) is 0.314. The largest absolute Gasteiger partial charge is 0.465 e. The number of aromatic nitrogens is 1. The normalized spacial score (nSPS) is 25.5. The third kappa shape index (κ3) is 5.09. The van der Waals surface area contributed by atoms with Gasteiger partial charge in [0.05, 0.1) is 6.26 Å². The molecule has 0 spiro atoms. The Labute approximate surface area is 195 Å². The molecule has 4 rings (SSSR count). The maximum atomic E-state index is 13.4. The number of carbonyl (C=O) groups is 1. The molecule has 1 aliphatic carbocycles. The van der Waals surface area contributed by atoms with Crippen molar-refractivity contribution in [1.29, 1.82) is 0 Å². The van der Waals surface area contributed by atoms with E-state index in [4.69, 9.17) is 8.94 Å². The van der Waals surface area contributed by atoms with Gasteiger partial charge in [-0.05, 0) is 62.3 Å². The van der Waals surface area contributed by atoms with Gasteiger partial charge in [0, 0.05) is 25.0 Å². The van der Waals surface area contributed by atoms with Gasteiger partial charge in [0.2, 0.25) is 15.9 Å². The zero-order valence-electron chi connectivity index (χ0n) is 19.5. The maximum absolute atomic E-state index is 13.4. The first kappa shape index (κ1) is 23.8. The Hall–Kier alpha value is -2.39. The van der Waals surface area contributed by atoms with Crippen LogP contribution in [0.3, 0.4) is 0 Å². The summed E-state index contributed by atoms with van der Waals surface area (Å²) < 4.78 is 38.8. The van der Waals surface area contributed by atoms with E-state index in [1.165, 1.54) is 10.7 Å². The smallest absolute Gasteiger partial charge is 0.248 e. The van der Waals surface area contributed by atoms with Crippen molar-refractivity contribution >= 4 is 28.1 Å². The van der Waals surface area contributed by atoms with Crippen molar-refractivity contribution in [1.82, 2.24) is 14.8 Å². The molecule has 2 aliphatic rings. The van der Waals surface area contributed by atoms with Gasteiger partial charge >= 0.3 is 0 Å². The molecule has 180 valence electrons. The van der Waals surface area contributed by atoms with Gasteiger partial charge in [0.15, 0.2) is 10.7 Å². The lowest BCUT2D eigenvalue weighted by atomic mass is 9.78. The highest BCUT2D eigenvalue weighted by Gasteiger charge is 2.37. The third-order valence-corrected chi connectivity index (χ3v) is 9.29. The van der Waals surface area contributed by atoms with Crippen LogP contribution in [-0.4, -0.2) is 42.9 Å². The van der Waals surface area contributed by atoms with E-state index >= 15 is 0 Å². The number of aryl methyl sites for hydroxylation is 1. The van der Waals surface area contributed by atoms with Gasteiger partial charge in [-0.15, -0.1) is 0 Å². The van der Waals surface area contributed by atoms with E-state index in [0.717, 1.165) is 12.8 Å². The molecular weight excluding hydrogens is 442 g/mol. The van der Waals surface area contributed by atoms with Gasteiger partial charge in [-0.25, -0.2) is 8.42 Å². The van der Waals surface area contributed by atoms with Crippen LogP contribution in [0.5, 0.6) is 0 Å². The fourth-order valence-electron chi connectivity index (χ4n) is 4.92. The zero-order chi connectivity index (χ0) is 23.6. The summed E-state index contributed by atoms with van der Waals surface area (Å²) in [5.74, 6) is 1.72. The molecule has 8 nitrogen and oxygen atoms in total. The second-order valence-electron chi connectivity index (χ2n) is 9.37. The minimum absolute atomic E-state index is 0.0567. The van der Waals surface area contributed by atoms with Crippen LogP contribution in [0, 0.1) is 24.7 Å². The van der Waals surface area contributed by atoms with Crippen molar-refractivity contribution in [3.63, 3.8) is 0 Å². The fourth-order valence-corrected chi connectivity index (χ4v) is 6.64. The Morgan fingerprint density at radius 1 is 1.18 bits per heavy atom. The number of hydrogen-bond acceptors (Lipinski definition) is 6. The van der Waals surface area contributed by atoms with E-state index in [9.17, 15) is 13.2 Å². The van der Waals surface area contributed by atoms with E-state index in [-0.39, 0.29) is 28.5 Å². The number of nitrogens with zero attached hydrogens (tertiary/aromatic N) is 2. The van der Waals surface area contributed by atoms with Gasteiger partial charge in [-0.3, -0.25) is 4.79 Å². The van der Waals surface area contributed by atoms with Crippen LogP contribution in [0.1, 0.15) is 63.2 Å². The third-order valence-electron chi connectivity index (χ3n) is 7.23. The summed E-state index contributed by atoms with van der Waals surface area (Å²) in [7, 11) is -3.80. The van der Waals surface area contributed by atoms with E-state index in [0.29, 0.717) is 49.2 Å². The lowest BCUT2D eigenvalue weighted by Gasteiger charge is -2.36. The van der Waals surface area contributed by atoms with Crippen LogP contribution in [0.15, 0.2) is 32.2 Å². The summed E-state index contributed by atoms with van der Waals surface area (Å²) in [6.07, 6.45) is 9.12. The first-order valence-corrected chi connectivity index (χ1v) is 13.2. The highest BCUT2D eigenvalue weighted by molar-refractivity contribution is 7.89. The number of furan rings is 1. The van der Waals surface area contributed by atoms with Crippen LogP contribution in [-0.2, 0) is 14.8 Å². The van der Waals surface area contributed by atoms with Crippen LogP contribution in [0.4, 0.5) is 0 Å². The first-order chi connectivity index (χ1) is 15.8. The number of piperidine rings is 1. The zero-order valence-corrected chi connectivity index (χ0v) is 20.3. The number of nitrogens with one attached hydrogen (secondary N) is 1. The summed E-state index contributed by atoms with van der Waals surface area (Å²) in [6.45, 7) is 6.67. The average Bonchev–Trinajstić information content (AvgIpc) is 3.45. The average molecular weight is 476 g/mol. The van der Waals surface area contributed by atoms with Crippen LogP contribution in [0.25, 0.3) is 12.2 Å². The Bertz CT molecular complexity index is 1080. The molecule has 33 heavy (non-hydrogen) atoms. The molecule has 2 aromatic rings. The summed E-state index contributed by atoms with van der Waals surface area (Å²) in [6, 6.07) is 3.73. The number of amides is 1. The SMILES string of the molecule is Cc1noc(/C=C/c2ccco2)c1S(=O)(=O)N1CCC(C(=O)N[C@@H]2CCC[C@H](C)[C@H]2C)CC1. The highest BCUT2D eigenvalue weighted by atomic mass is 32.2. The molecule has 1 aliphatic heterocycles. The number of carbonyl (C=O) groups excluding carboxylic acids is 1. The van der Waals surface area contributed by atoms with Gasteiger partial charge in [0.1, 0.15) is 11.5 Å². The van der Waals surface area contributed by atoms with E-state index in [1.807, 2.05) is 0 Å². The van der Waals surface area contributed by atoms with Crippen molar-refractivity contribution in [3.05, 3.63) is 35.6 Å². The Kier molecular flexibility index (Phi) is 7.09. The Balaban J connectivity index is 1.40. The van der Waals surface area contributed by atoms with Crippen molar-refractivity contribution in [2.24, 2.45) is 17.8 Å². The summed E-state index contributed by atoms with van der Waals surface area (Å²) in [5, 5.41) is 7.12.